The average Bonchev–Trinajstić information content (AvgIpc) is 2.91. The molecule has 2 aromatic carbocycles. The number of ether oxygens (including phenoxy) is 2. The zero-order valence-electron chi connectivity index (χ0n) is 22.1. The Morgan fingerprint density at radius 2 is 1.78 bits per heavy atom. The van der Waals surface area contributed by atoms with Crippen LogP contribution in [-0.4, -0.2) is 60.4 Å². The van der Waals surface area contributed by atoms with Gasteiger partial charge in [0.15, 0.2) is 11.5 Å². The maximum atomic E-state index is 9.10. The molecule has 0 bridgehead atoms. The van der Waals surface area contributed by atoms with Gasteiger partial charge < -0.3 is 24.6 Å². The van der Waals surface area contributed by atoms with Crippen molar-refractivity contribution >= 4 is 11.9 Å². The minimum absolute atomic E-state index is 0.472. The van der Waals surface area contributed by atoms with Crippen molar-refractivity contribution in [2.45, 2.75) is 51.4 Å². The third kappa shape index (κ3) is 10.3. The molecule has 0 amide bonds. The lowest BCUT2D eigenvalue weighted by Gasteiger charge is -2.39. The van der Waals surface area contributed by atoms with Gasteiger partial charge >= 0.3 is 11.9 Å². The number of hydrogen-bond donors (Lipinski definition) is 2. The smallest absolute Gasteiger partial charge is 0.414 e. The number of nitrogens with zero attached hydrogens (tertiary/aromatic N) is 1. The first-order valence-corrected chi connectivity index (χ1v) is 13.0. The third-order valence-corrected chi connectivity index (χ3v) is 6.62. The second kappa shape index (κ2) is 16.4. The number of aliphatic carboxylic acids is 2. The summed E-state index contributed by atoms with van der Waals surface area (Å²) in [6.45, 7) is 10.3. The Hall–Kier alpha value is -3.32. The first-order valence-electron chi connectivity index (χ1n) is 13.0. The Labute approximate surface area is 220 Å². The van der Waals surface area contributed by atoms with Crippen LogP contribution in [0.25, 0.3) is 0 Å². The van der Waals surface area contributed by atoms with Gasteiger partial charge in [0, 0.05) is 12.5 Å². The van der Waals surface area contributed by atoms with Crippen LogP contribution in [0, 0.1) is 5.92 Å². The van der Waals surface area contributed by atoms with E-state index >= 15 is 0 Å². The molecule has 3 rings (SSSR count). The van der Waals surface area contributed by atoms with E-state index in [1.54, 1.807) is 7.11 Å². The number of carboxylic acid groups (broad SMARTS) is 2. The van der Waals surface area contributed by atoms with Crippen molar-refractivity contribution in [2.75, 3.05) is 33.4 Å². The topological polar surface area (TPSA) is 96.3 Å². The normalized spacial score (nSPS) is 17.2. The Morgan fingerprint density at radius 3 is 2.41 bits per heavy atom. The highest BCUT2D eigenvalue weighted by Gasteiger charge is 2.31. The van der Waals surface area contributed by atoms with Crippen molar-refractivity contribution in [3.8, 4) is 11.5 Å². The van der Waals surface area contributed by atoms with Crippen molar-refractivity contribution < 1.29 is 29.3 Å². The summed E-state index contributed by atoms with van der Waals surface area (Å²) >= 11 is 0. The summed E-state index contributed by atoms with van der Waals surface area (Å²) in [6, 6.07) is 17.2. The van der Waals surface area contributed by atoms with Crippen LogP contribution >= 0.6 is 0 Å². The van der Waals surface area contributed by atoms with Crippen molar-refractivity contribution in [3.63, 3.8) is 0 Å². The fourth-order valence-corrected chi connectivity index (χ4v) is 4.70. The van der Waals surface area contributed by atoms with Gasteiger partial charge in [0.1, 0.15) is 0 Å². The predicted molar refractivity (Wildman–Crippen MR) is 146 cm³/mol. The molecule has 202 valence electrons. The standard InChI is InChI=1S/C28H39NO2.C2H2O4/c1-4-6-7-11-18-29-19-17-26(24-13-9-8-10-14-24)25(21-29)22-31-27-16-15-23(12-5-2)20-28(27)30-3;3-1(4)2(5)6/h5,8-10,13-16,20,25-26H,2,4,6-7,11-12,17-19,21-22H2,1,3H3;(H,3,4)(H,5,6)/t25-,26-;/m1./s1. The molecule has 1 heterocycles. The van der Waals surface area contributed by atoms with E-state index < -0.39 is 11.9 Å². The minimum atomic E-state index is -1.82. The summed E-state index contributed by atoms with van der Waals surface area (Å²) in [7, 11) is 1.71. The number of unbranched alkanes of at least 4 members (excludes halogenated alkanes) is 3. The highest BCUT2D eigenvalue weighted by Crippen LogP contribution is 2.35. The van der Waals surface area contributed by atoms with E-state index in [1.165, 1.54) is 56.3 Å². The monoisotopic (exact) mass is 511 g/mol. The molecule has 0 saturated carbocycles. The quantitative estimate of drug-likeness (QED) is 0.216. The van der Waals surface area contributed by atoms with E-state index in [4.69, 9.17) is 29.3 Å². The van der Waals surface area contributed by atoms with E-state index in [0.29, 0.717) is 18.4 Å². The molecule has 2 aromatic rings. The molecule has 7 heteroatoms. The SMILES string of the molecule is C=CCc1ccc(OC[C@H]2CN(CCCCCC)CC[C@@H]2c2ccccc2)c(OC)c1.O=C(O)C(=O)O. The summed E-state index contributed by atoms with van der Waals surface area (Å²) in [6.07, 6.45) is 9.22. The Balaban J connectivity index is 0.000000717. The number of rotatable bonds is 12. The second-order valence-electron chi connectivity index (χ2n) is 9.33. The highest BCUT2D eigenvalue weighted by molar-refractivity contribution is 6.27. The maximum absolute atomic E-state index is 9.10. The van der Waals surface area contributed by atoms with Gasteiger partial charge in [-0.2, -0.15) is 0 Å². The number of piperidine rings is 1. The highest BCUT2D eigenvalue weighted by atomic mass is 16.5. The molecule has 0 unspecified atom stereocenters. The Bertz CT molecular complexity index is 965. The number of benzene rings is 2. The molecule has 1 saturated heterocycles. The largest absolute Gasteiger partial charge is 0.493 e. The van der Waals surface area contributed by atoms with Gasteiger partial charge in [-0.1, -0.05) is 68.7 Å². The minimum Gasteiger partial charge on any atom is -0.493 e. The molecule has 7 nitrogen and oxygen atoms in total. The van der Waals surface area contributed by atoms with Crippen LogP contribution in [0.4, 0.5) is 0 Å². The van der Waals surface area contributed by atoms with E-state index in [9.17, 15) is 0 Å². The molecule has 0 aliphatic carbocycles. The second-order valence-corrected chi connectivity index (χ2v) is 9.33. The summed E-state index contributed by atoms with van der Waals surface area (Å²) in [5.41, 5.74) is 2.63. The fourth-order valence-electron chi connectivity index (χ4n) is 4.70. The van der Waals surface area contributed by atoms with Gasteiger partial charge in [0.25, 0.3) is 0 Å². The number of carboxylic acids is 2. The number of methoxy groups -OCH3 is 1. The van der Waals surface area contributed by atoms with Crippen LogP contribution in [0.3, 0.4) is 0 Å². The third-order valence-electron chi connectivity index (χ3n) is 6.62. The van der Waals surface area contributed by atoms with Gasteiger partial charge in [-0.15, -0.1) is 6.58 Å². The number of likely N-dealkylation sites (tertiary alicyclic amines) is 1. The molecule has 0 radical (unpaired) electrons. The van der Waals surface area contributed by atoms with E-state index in [2.05, 4.69) is 60.9 Å². The molecule has 2 atom stereocenters. The first-order chi connectivity index (χ1) is 17.9. The van der Waals surface area contributed by atoms with Crippen molar-refractivity contribution in [1.29, 1.82) is 0 Å². The molecule has 1 fully saturated rings. The van der Waals surface area contributed by atoms with Crippen molar-refractivity contribution in [1.82, 2.24) is 4.90 Å². The van der Waals surface area contributed by atoms with Crippen LogP contribution in [0.15, 0.2) is 61.2 Å². The van der Waals surface area contributed by atoms with E-state index in [0.717, 1.165) is 24.5 Å². The van der Waals surface area contributed by atoms with Gasteiger partial charge in [-0.25, -0.2) is 9.59 Å². The lowest BCUT2D eigenvalue weighted by atomic mass is 9.81. The molecule has 2 N–H and O–H groups in total. The van der Waals surface area contributed by atoms with E-state index in [-0.39, 0.29) is 0 Å². The van der Waals surface area contributed by atoms with Crippen molar-refractivity contribution in [2.24, 2.45) is 5.92 Å². The predicted octanol–water partition coefficient (Wildman–Crippen LogP) is 5.64. The Kier molecular flexibility index (Phi) is 13.3. The summed E-state index contributed by atoms with van der Waals surface area (Å²) in [5, 5.41) is 14.8. The van der Waals surface area contributed by atoms with Gasteiger partial charge in [0.05, 0.1) is 13.7 Å². The van der Waals surface area contributed by atoms with Crippen LogP contribution in [0.1, 0.15) is 56.1 Å². The lowest BCUT2D eigenvalue weighted by Crippen LogP contribution is -2.42. The van der Waals surface area contributed by atoms with Gasteiger partial charge in [-0.3, -0.25) is 0 Å². The molecular formula is C30H41NO6. The summed E-state index contributed by atoms with van der Waals surface area (Å²) in [4.78, 5) is 20.8. The van der Waals surface area contributed by atoms with Gasteiger partial charge in [0.2, 0.25) is 0 Å². The lowest BCUT2D eigenvalue weighted by molar-refractivity contribution is -0.159. The molecule has 1 aliphatic rings. The van der Waals surface area contributed by atoms with Crippen LogP contribution in [0.5, 0.6) is 11.5 Å². The first kappa shape index (κ1) is 29.9. The molecule has 0 aromatic heterocycles. The number of hydrogen-bond acceptors (Lipinski definition) is 5. The molecule has 37 heavy (non-hydrogen) atoms. The molecular weight excluding hydrogens is 470 g/mol. The van der Waals surface area contributed by atoms with Crippen LogP contribution < -0.4 is 9.47 Å². The van der Waals surface area contributed by atoms with Gasteiger partial charge in [-0.05, 0) is 61.5 Å². The zero-order valence-corrected chi connectivity index (χ0v) is 22.1. The molecule has 1 aliphatic heterocycles. The maximum Gasteiger partial charge on any atom is 0.414 e. The van der Waals surface area contributed by atoms with Crippen LogP contribution in [-0.2, 0) is 16.0 Å². The summed E-state index contributed by atoms with van der Waals surface area (Å²) < 4.78 is 12.0. The number of carbonyl (C=O) groups is 2. The fraction of sp³-hybridized carbons (Fsp3) is 0.467. The molecule has 0 spiro atoms. The number of allylic oxidation sites excluding steroid dienone is 1. The van der Waals surface area contributed by atoms with Crippen molar-refractivity contribution in [3.05, 3.63) is 72.3 Å². The van der Waals surface area contributed by atoms with Crippen LogP contribution in [0.2, 0.25) is 0 Å². The Morgan fingerprint density at radius 1 is 1.05 bits per heavy atom. The average molecular weight is 512 g/mol. The zero-order chi connectivity index (χ0) is 27.0. The van der Waals surface area contributed by atoms with E-state index in [1.807, 2.05) is 12.1 Å². The summed E-state index contributed by atoms with van der Waals surface area (Å²) in [5.74, 6) is -0.992.